The molecule has 1 aliphatic rings. The molecule has 28 heavy (non-hydrogen) atoms. The third-order valence-corrected chi connectivity index (χ3v) is 6.21. The molecule has 4 heterocycles. The molecule has 1 fully saturated rings. The first-order valence-corrected chi connectivity index (χ1v) is 10.2. The minimum atomic E-state index is -3.45. The number of furan rings is 1. The van der Waals surface area contributed by atoms with Gasteiger partial charge < -0.3 is 14.7 Å². The Hall–Kier alpha value is -3.21. The molecule has 4 rings (SSSR count). The van der Waals surface area contributed by atoms with Crippen LogP contribution < -0.4 is 9.62 Å². The molecule has 0 bridgehead atoms. The van der Waals surface area contributed by atoms with Crippen LogP contribution in [0.25, 0.3) is 22.7 Å². The second-order valence-corrected chi connectivity index (χ2v) is 8.49. The van der Waals surface area contributed by atoms with Crippen molar-refractivity contribution in [1.82, 2.24) is 20.2 Å². The molecule has 0 spiro atoms. The molecule has 0 aliphatic carbocycles. The summed E-state index contributed by atoms with van der Waals surface area (Å²) in [5.41, 5.74) is 1.99. The average Bonchev–Trinajstić information content (AvgIpc) is 3.34. The van der Waals surface area contributed by atoms with Gasteiger partial charge in [0.1, 0.15) is 17.9 Å². The second kappa shape index (κ2) is 6.75. The number of carbonyl (C=O) groups is 1. The van der Waals surface area contributed by atoms with Gasteiger partial charge in [-0.3, -0.25) is 4.79 Å². The van der Waals surface area contributed by atoms with Gasteiger partial charge in [0.05, 0.1) is 11.3 Å². The van der Waals surface area contributed by atoms with E-state index in [1.54, 1.807) is 18.3 Å². The van der Waals surface area contributed by atoms with Crippen LogP contribution in [0.5, 0.6) is 0 Å². The number of amides is 1. The summed E-state index contributed by atoms with van der Waals surface area (Å²) in [4.78, 5) is 18.4. The molecule has 2 N–H and O–H groups in total. The summed E-state index contributed by atoms with van der Waals surface area (Å²) in [5, 5.41) is 10.4. The molecule has 10 nitrogen and oxygen atoms in total. The van der Waals surface area contributed by atoms with Crippen LogP contribution in [0, 0.1) is 6.92 Å². The van der Waals surface area contributed by atoms with Crippen LogP contribution in [-0.2, 0) is 14.8 Å². The van der Waals surface area contributed by atoms with E-state index in [-0.39, 0.29) is 17.5 Å². The lowest BCUT2D eigenvalue weighted by Crippen LogP contribution is -2.25. The topological polar surface area (TPSA) is 134 Å². The van der Waals surface area contributed by atoms with Crippen molar-refractivity contribution in [1.29, 1.82) is 0 Å². The van der Waals surface area contributed by atoms with Crippen molar-refractivity contribution in [3.63, 3.8) is 0 Å². The lowest BCUT2D eigenvalue weighted by atomic mass is 10.1. The van der Waals surface area contributed by atoms with Crippen LogP contribution in [0.1, 0.15) is 18.9 Å². The van der Waals surface area contributed by atoms with Crippen molar-refractivity contribution in [2.24, 2.45) is 0 Å². The summed E-state index contributed by atoms with van der Waals surface area (Å²) in [5.74, 6) is 1.24. The Morgan fingerprint density at radius 2 is 2.14 bits per heavy atom. The molecule has 3 aromatic heterocycles. The van der Waals surface area contributed by atoms with Crippen LogP contribution in [-0.4, -0.2) is 46.8 Å². The Balaban J connectivity index is 1.86. The molecule has 0 saturated carbocycles. The molecule has 146 valence electrons. The first-order chi connectivity index (χ1) is 13.3. The summed E-state index contributed by atoms with van der Waals surface area (Å²) in [6, 6.07) is 3.39. The van der Waals surface area contributed by atoms with Gasteiger partial charge in [0, 0.05) is 25.2 Å². The zero-order valence-corrected chi connectivity index (χ0v) is 16.1. The number of sulfonamides is 1. The number of aromatic nitrogens is 4. The van der Waals surface area contributed by atoms with E-state index < -0.39 is 10.0 Å². The van der Waals surface area contributed by atoms with Crippen LogP contribution in [0.4, 0.5) is 11.7 Å². The molecule has 0 unspecified atom stereocenters. The number of nitrogens with zero attached hydrogens (tertiary/aromatic N) is 4. The highest BCUT2D eigenvalue weighted by atomic mass is 32.2. The molecule has 1 aliphatic heterocycles. The third kappa shape index (κ3) is 3.24. The van der Waals surface area contributed by atoms with Gasteiger partial charge in [0.15, 0.2) is 5.82 Å². The number of anilines is 2. The van der Waals surface area contributed by atoms with Gasteiger partial charge in [-0.05, 0) is 31.0 Å². The fourth-order valence-electron chi connectivity index (χ4n) is 3.11. The molecule has 0 atom stereocenters. The molecular formula is C17H18N6O4S. The van der Waals surface area contributed by atoms with Crippen molar-refractivity contribution in [3.8, 4) is 22.7 Å². The maximum atomic E-state index is 12.4. The Morgan fingerprint density at radius 1 is 1.32 bits per heavy atom. The molecule has 1 saturated heterocycles. The van der Waals surface area contributed by atoms with Crippen molar-refractivity contribution < 1.29 is 17.6 Å². The van der Waals surface area contributed by atoms with Crippen LogP contribution in [0.15, 0.2) is 29.1 Å². The Morgan fingerprint density at radius 3 is 2.79 bits per heavy atom. The number of aromatic amines is 1. The van der Waals surface area contributed by atoms with E-state index in [9.17, 15) is 13.2 Å². The summed E-state index contributed by atoms with van der Waals surface area (Å²) < 4.78 is 32.1. The highest BCUT2D eigenvalue weighted by molar-refractivity contribution is 7.93. The van der Waals surface area contributed by atoms with Crippen molar-refractivity contribution in [2.75, 3.05) is 21.9 Å². The zero-order chi connectivity index (χ0) is 19.9. The van der Waals surface area contributed by atoms with Crippen LogP contribution in [0.2, 0.25) is 0 Å². The number of aryl methyl sites for hydroxylation is 1. The van der Waals surface area contributed by atoms with Gasteiger partial charge in [0.2, 0.25) is 21.8 Å². The van der Waals surface area contributed by atoms with Crippen molar-refractivity contribution >= 4 is 27.6 Å². The van der Waals surface area contributed by atoms with Crippen molar-refractivity contribution in [2.45, 2.75) is 20.3 Å². The molecule has 3 aromatic rings. The van der Waals surface area contributed by atoms with E-state index in [1.807, 2.05) is 6.92 Å². The second-order valence-electron chi connectivity index (χ2n) is 6.47. The van der Waals surface area contributed by atoms with E-state index in [4.69, 9.17) is 4.42 Å². The molecule has 0 aromatic carbocycles. The predicted octanol–water partition coefficient (Wildman–Crippen LogP) is 1.93. The summed E-state index contributed by atoms with van der Waals surface area (Å²) in [6.07, 6.45) is 3.55. The fraction of sp³-hybridized carbons (Fsp3) is 0.294. The molecular weight excluding hydrogens is 384 g/mol. The minimum Gasteiger partial charge on any atom is -0.439 e. The third-order valence-electron chi connectivity index (χ3n) is 4.38. The SMILES string of the molecule is CC(=O)Nc1cc(-c2cc(-c3nnc[nH]3)c(N3CCCS3(=O)=O)o2)c(C)cn1. The first-order valence-electron chi connectivity index (χ1n) is 8.60. The van der Waals surface area contributed by atoms with Crippen molar-refractivity contribution in [3.05, 3.63) is 30.2 Å². The van der Waals surface area contributed by atoms with E-state index in [2.05, 4.69) is 25.5 Å². The number of hydrogen-bond donors (Lipinski definition) is 2. The quantitative estimate of drug-likeness (QED) is 0.681. The number of pyridine rings is 1. The Bertz CT molecular complexity index is 1140. The number of nitrogens with one attached hydrogen (secondary N) is 2. The smallest absolute Gasteiger partial charge is 0.237 e. The van der Waals surface area contributed by atoms with Crippen LogP contribution >= 0.6 is 0 Å². The summed E-state index contributed by atoms with van der Waals surface area (Å²) in [6.45, 7) is 3.58. The number of carbonyl (C=O) groups excluding carboxylic acids is 1. The number of H-pyrrole nitrogens is 1. The first kappa shape index (κ1) is 18.2. The summed E-state index contributed by atoms with van der Waals surface area (Å²) >= 11 is 0. The molecule has 1 amide bonds. The van der Waals surface area contributed by atoms with Gasteiger partial charge in [-0.1, -0.05) is 0 Å². The lowest BCUT2D eigenvalue weighted by molar-refractivity contribution is -0.114. The van der Waals surface area contributed by atoms with Gasteiger partial charge in [0.25, 0.3) is 0 Å². The molecule has 11 heteroatoms. The maximum absolute atomic E-state index is 12.4. The number of rotatable bonds is 4. The van der Waals surface area contributed by atoms with Gasteiger partial charge in [-0.2, -0.15) is 0 Å². The maximum Gasteiger partial charge on any atom is 0.237 e. The van der Waals surface area contributed by atoms with E-state index in [0.717, 1.165) is 5.56 Å². The predicted molar refractivity (Wildman–Crippen MR) is 102 cm³/mol. The largest absolute Gasteiger partial charge is 0.439 e. The Labute approximate surface area is 161 Å². The normalized spacial score (nSPS) is 15.7. The summed E-state index contributed by atoms with van der Waals surface area (Å²) in [7, 11) is -3.45. The van der Waals surface area contributed by atoms with E-state index in [0.29, 0.717) is 41.5 Å². The van der Waals surface area contributed by atoms with Crippen LogP contribution in [0.3, 0.4) is 0 Å². The zero-order valence-electron chi connectivity index (χ0n) is 15.3. The number of hydrogen-bond acceptors (Lipinski definition) is 7. The highest BCUT2D eigenvalue weighted by Crippen LogP contribution is 2.40. The monoisotopic (exact) mass is 402 g/mol. The fourth-order valence-corrected chi connectivity index (χ4v) is 4.62. The molecule has 0 radical (unpaired) electrons. The minimum absolute atomic E-state index is 0.0693. The Kier molecular flexibility index (Phi) is 4.38. The average molecular weight is 402 g/mol. The van der Waals surface area contributed by atoms with Gasteiger partial charge in [-0.15, -0.1) is 10.2 Å². The van der Waals surface area contributed by atoms with Gasteiger partial charge in [-0.25, -0.2) is 17.7 Å². The standard InChI is InChI=1S/C17H18N6O4S/c1-10-8-18-15(21-11(2)24)7-12(10)14-6-13(16-19-9-20-22-16)17(27-14)23-4-3-5-28(23,25)26/h6-9H,3-5H2,1-2H3,(H,18,21,24)(H,19,20,22). The van der Waals surface area contributed by atoms with E-state index in [1.165, 1.54) is 17.6 Å². The van der Waals surface area contributed by atoms with Gasteiger partial charge >= 0.3 is 0 Å². The van der Waals surface area contributed by atoms with E-state index >= 15 is 0 Å². The lowest BCUT2D eigenvalue weighted by Gasteiger charge is -2.14. The highest BCUT2D eigenvalue weighted by Gasteiger charge is 2.34.